The van der Waals surface area contributed by atoms with E-state index >= 15 is 0 Å². The van der Waals surface area contributed by atoms with Crippen molar-refractivity contribution in [1.82, 2.24) is 19.6 Å². The Bertz CT molecular complexity index is 1480. The van der Waals surface area contributed by atoms with Crippen LogP contribution >= 0.6 is 7.75 Å². The number of aromatic nitrogens is 3. The van der Waals surface area contributed by atoms with Gasteiger partial charge in [0.05, 0.1) is 30.3 Å². The minimum Gasteiger partial charge on any atom is -0.465 e. The van der Waals surface area contributed by atoms with Gasteiger partial charge in [0, 0.05) is 12.0 Å². The molecule has 0 spiro atoms. The molecule has 208 valence electrons. The summed E-state index contributed by atoms with van der Waals surface area (Å²) >= 11 is 0. The summed E-state index contributed by atoms with van der Waals surface area (Å²) in [7, 11) is -4.06. The first-order chi connectivity index (χ1) is 18.7. The number of pyridine rings is 1. The first-order valence-corrected chi connectivity index (χ1v) is 14.4. The molecule has 2 heterocycles. The van der Waals surface area contributed by atoms with E-state index in [0.717, 1.165) is 16.4 Å². The fourth-order valence-electron chi connectivity index (χ4n) is 4.19. The van der Waals surface area contributed by atoms with E-state index in [1.807, 2.05) is 41.8 Å². The third-order valence-corrected chi connectivity index (χ3v) is 7.64. The standard InChI is InChI=1S/C27H34N5O6P/c1-5-35-17-23-30-24-25(21-14-10-11-15-22(21)29-26(24)28)32(23)16-18(3)37-39(34,31-19(4)27(33)36-6-2)38-20-12-8-7-9-13-20/h7-15,18-19H,5-6,16-17H2,1-4H3,(H2,28,29)(H,31,34)/t18-,19+,39-/m1/s1. The van der Waals surface area contributed by atoms with E-state index in [1.165, 1.54) is 0 Å². The molecular formula is C27H34N5O6P. The lowest BCUT2D eigenvalue weighted by molar-refractivity contribution is -0.144. The average molecular weight is 556 g/mol. The van der Waals surface area contributed by atoms with Crippen LogP contribution in [-0.2, 0) is 36.5 Å². The van der Waals surface area contributed by atoms with E-state index in [0.29, 0.717) is 29.5 Å². The number of carbonyl (C=O) groups excluding carboxylic acids is 1. The van der Waals surface area contributed by atoms with Gasteiger partial charge < -0.3 is 24.3 Å². The van der Waals surface area contributed by atoms with Crippen LogP contribution in [0.25, 0.3) is 21.9 Å². The van der Waals surface area contributed by atoms with Crippen LogP contribution in [0.3, 0.4) is 0 Å². The number of hydrogen-bond acceptors (Lipinski definition) is 9. The normalized spacial score (nSPS) is 14.7. The van der Waals surface area contributed by atoms with E-state index in [4.69, 9.17) is 29.2 Å². The SMILES string of the molecule is CCOCc1nc2c(N)nc3ccccc3c2n1C[C@@H](C)O[P@](=O)(N[C@@H](C)C(=O)OCC)Oc1ccccc1. The highest BCUT2D eigenvalue weighted by atomic mass is 31.2. The van der Waals surface area contributed by atoms with Gasteiger partial charge in [0.1, 0.15) is 29.7 Å². The number of nitrogens with two attached hydrogens (primary N) is 1. The van der Waals surface area contributed by atoms with Gasteiger partial charge in [0.2, 0.25) is 0 Å². The molecule has 0 saturated carbocycles. The number of nitrogens with zero attached hydrogens (tertiary/aromatic N) is 3. The van der Waals surface area contributed by atoms with E-state index < -0.39 is 25.9 Å². The lowest BCUT2D eigenvalue weighted by Gasteiger charge is -2.26. The average Bonchev–Trinajstić information content (AvgIpc) is 3.26. The molecule has 0 amide bonds. The maximum Gasteiger partial charge on any atom is 0.459 e. The number of hydrogen-bond donors (Lipinski definition) is 2. The van der Waals surface area contributed by atoms with Gasteiger partial charge in [-0.15, -0.1) is 0 Å². The molecule has 0 fully saturated rings. The topological polar surface area (TPSA) is 140 Å². The third kappa shape index (κ3) is 6.75. The third-order valence-electron chi connectivity index (χ3n) is 5.84. The molecular weight excluding hydrogens is 521 g/mol. The Morgan fingerprint density at radius 3 is 2.49 bits per heavy atom. The molecule has 0 bridgehead atoms. The van der Waals surface area contributed by atoms with Crippen molar-refractivity contribution in [2.75, 3.05) is 18.9 Å². The Morgan fingerprint density at radius 2 is 1.77 bits per heavy atom. The second-order valence-electron chi connectivity index (χ2n) is 8.91. The van der Waals surface area contributed by atoms with Crippen LogP contribution in [0.2, 0.25) is 0 Å². The number of para-hydroxylation sites is 2. The van der Waals surface area contributed by atoms with Crippen molar-refractivity contribution >= 4 is 41.5 Å². The van der Waals surface area contributed by atoms with Gasteiger partial charge in [0.15, 0.2) is 5.82 Å². The highest BCUT2D eigenvalue weighted by molar-refractivity contribution is 7.52. The van der Waals surface area contributed by atoms with Crippen molar-refractivity contribution < 1.29 is 27.9 Å². The summed E-state index contributed by atoms with van der Waals surface area (Å²) in [5, 5.41) is 3.58. The fourth-order valence-corrected chi connectivity index (χ4v) is 5.86. The predicted molar refractivity (Wildman–Crippen MR) is 149 cm³/mol. The van der Waals surface area contributed by atoms with Crippen molar-refractivity contribution in [2.45, 2.75) is 53.0 Å². The van der Waals surface area contributed by atoms with Gasteiger partial charge in [-0.05, 0) is 45.9 Å². The van der Waals surface area contributed by atoms with Gasteiger partial charge in [-0.25, -0.2) is 14.5 Å². The molecule has 2 aromatic heterocycles. The zero-order chi connectivity index (χ0) is 28.0. The van der Waals surface area contributed by atoms with Crippen molar-refractivity contribution in [1.29, 1.82) is 0 Å². The van der Waals surface area contributed by atoms with Gasteiger partial charge in [-0.1, -0.05) is 36.4 Å². The zero-order valence-electron chi connectivity index (χ0n) is 22.5. The molecule has 0 aliphatic heterocycles. The molecule has 0 aliphatic carbocycles. The quantitative estimate of drug-likeness (QED) is 0.174. The molecule has 0 radical (unpaired) electrons. The molecule has 0 saturated heterocycles. The first-order valence-electron chi connectivity index (χ1n) is 12.8. The van der Waals surface area contributed by atoms with Crippen LogP contribution < -0.4 is 15.3 Å². The Kier molecular flexibility index (Phi) is 9.19. The zero-order valence-corrected chi connectivity index (χ0v) is 23.4. The Morgan fingerprint density at radius 1 is 1.05 bits per heavy atom. The molecule has 11 nitrogen and oxygen atoms in total. The smallest absolute Gasteiger partial charge is 0.459 e. The molecule has 2 aromatic carbocycles. The highest BCUT2D eigenvalue weighted by Crippen LogP contribution is 2.46. The van der Waals surface area contributed by atoms with Crippen molar-refractivity contribution in [3.05, 3.63) is 60.4 Å². The van der Waals surface area contributed by atoms with Crippen LogP contribution in [0.15, 0.2) is 54.6 Å². The maximum absolute atomic E-state index is 14.0. The number of ether oxygens (including phenoxy) is 2. The van der Waals surface area contributed by atoms with Crippen molar-refractivity contribution in [3.63, 3.8) is 0 Å². The number of fused-ring (bicyclic) bond motifs is 3. The van der Waals surface area contributed by atoms with E-state index in [9.17, 15) is 9.36 Å². The summed E-state index contributed by atoms with van der Waals surface area (Å²) in [6, 6.07) is 15.3. The van der Waals surface area contributed by atoms with E-state index in [2.05, 4.69) is 10.1 Å². The minimum atomic E-state index is -4.06. The summed E-state index contributed by atoms with van der Waals surface area (Å²) in [5.74, 6) is 0.682. The number of nitrogen functional groups attached to an aromatic ring is 1. The summed E-state index contributed by atoms with van der Waals surface area (Å²) in [4.78, 5) is 21.5. The number of rotatable bonds is 13. The largest absolute Gasteiger partial charge is 0.465 e. The molecule has 3 N–H and O–H groups in total. The number of carbonyl (C=O) groups is 1. The second-order valence-corrected chi connectivity index (χ2v) is 10.6. The fraction of sp³-hybridized carbons (Fsp3) is 0.370. The Labute approximate surface area is 227 Å². The van der Waals surface area contributed by atoms with Crippen LogP contribution in [0.1, 0.15) is 33.5 Å². The van der Waals surface area contributed by atoms with Crippen LogP contribution in [0.4, 0.5) is 5.82 Å². The van der Waals surface area contributed by atoms with Crippen LogP contribution in [0.5, 0.6) is 5.75 Å². The van der Waals surface area contributed by atoms with Crippen LogP contribution in [-0.4, -0.2) is 45.9 Å². The molecule has 4 rings (SSSR count). The number of esters is 1. The maximum atomic E-state index is 14.0. The summed E-state index contributed by atoms with van der Waals surface area (Å²) in [6.07, 6.45) is -0.660. The summed E-state index contributed by atoms with van der Waals surface area (Å²) < 4.78 is 38.5. The molecule has 3 atom stereocenters. The van der Waals surface area contributed by atoms with Gasteiger partial charge >= 0.3 is 13.7 Å². The van der Waals surface area contributed by atoms with Crippen molar-refractivity contribution in [3.8, 4) is 5.75 Å². The van der Waals surface area contributed by atoms with E-state index in [-0.39, 0.29) is 19.8 Å². The number of anilines is 1. The van der Waals surface area contributed by atoms with Gasteiger partial charge in [0.25, 0.3) is 0 Å². The summed E-state index contributed by atoms with van der Waals surface area (Å²) in [5.41, 5.74) is 8.33. The van der Waals surface area contributed by atoms with Gasteiger partial charge in [-0.3, -0.25) is 9.32 Å². The van der Waals surface area contributed by atoms with Crippen molar-refractivity contribution in [2.24, 2.45) is 0 Å². The Balaban J connectivity index is 1.69. The first kappa shape index (κ1) is 28.5. The monoisotopic (exact) mass is 555 g/mol. The molecule has 39 heavy (non-hydrogen) atoms. The predicted octanol–water partition coefficient (Wildman–Crippen LogP) is 4.84. The molecule has 0 unspecified atom stereocenters. The number of imidazole rings is 1. The van der Waals surface area contributed by atoms with Gasteiger partial charge in [-0.2, -0.15) is 5.09 Å². The number of benzene rings is 2. The molecule has 4 aromatic rings. The second kappa shape index (κ2) is 12.6. The van der Waals surface area contributed by atoms with Crippen LogP contribution in [0, 0.1) is 0 Å². The minimum absolute atomic E-state index is 0.189. The Hall–Kier alpha value is -3.50. The molecule has 12 heteroatoms. The summed E-state index contributed by atoms with van der Waals surface area (Å²) in [6.45, 7) is 8.07. The lowest BCUT2D eigenvalue weighted by atomic mass is 10.2. The van der Waals surface area contributed by atoms with E-state index in [1.54, 1.807) is 45.0 Å². The highest BCUT2D eigenvalue weighted by Gasteiger charge is 2.34. The molecule has 0 aliphatic rings. The number of nitrogens with one attached hydrogen (secondary N) is 1. The lowest BCUT2D eigenvalue weighted by Crippen LogP contribution is -2.36.